The highest BCUT2D eigenvalue weighted by Gasteiger charge is 2.53. The van der Waals surface area contributed by atoms with E-state index >= 15 is 0 Å². The van der Waals surface area contributed by atoms with E-state index in [0.29, 0.717) is 48.9 Å². The zero-order chi connectivity index (χ0) is 21.8. The number of nitrogens with zero attached hydrogens (tertiary/aromatic N) is 3. The average Bonchev–Trinajstić information content (AvgIpc) is 2.74. The molecule has 1 amide bonds. The largest absolute Gasteiger partial charge is 0.352 e. The number of hydrogen-bond donors (Lipinski definition) is 4. The van der Waals surface area contributed by atoms with Crippen LogP contribution < -0.4 is 21.3 Å². The van der Waals surface area contributed by atoms with Crippen molar-refractivity contribution in [2.75, 3.05) is 35.6 Å². The summed E-state index contributed by atoms with van der Waals surface area (Å²) in [5, 5.41) is 12.5. The molecule has 4 bridgehead atoms. The summed E-state index contributed by atoms with van der Waals surface area (Å²) < 4.78 is 0. The van der Waals surface area contributed by atoms with Gasteiger partial charge in [0.25, 0.3) is 0 Å². The first-order chi connectivity index (χ1) is 15.0. The summed E-state index contributed by atoms with van der Waals surface area (Å²) in [6.07, 6.45) is 14.8. The van der Waals surface area contributed by atoms with Gasteiger partial charge in [-0.05, 0) is 74.7 Å². The Hall–Kier alpha value is -2.82. The molecular formula is C23H33N7O. The van der Waals surface area contributed by atoms with Crippen molar-refractivity contribution in [1.82, 2.24) is 20.3 Å². The zero-order valence-electron chi connectivity index (χ0n) is 18.3. The van der Waals surface area contributed by atoms with Crippen LogP contribution in [0.25, 0.3) is 0 Å². The summed E-state index contributed by atoms with van der Waals surface area (Å²) in [6, 6.07) is 0.295. The number of carbonyl (C=O) groups is 1. The lowest BCUT2D eigenvalue weighted by atomic mass is 9.48. The molecule has 31 heavy (non-hydrogen) atoms. The van der Waals surface area contributed by atoms with Gasteiger partial charge in [0.05, 0.1) is 6.54 Å². The maximum absolute atomic E-state index is 11.3. The van der Waals surface area contributed by atoms with Crippen LogP contribution in [-0.4, -0.2) is 46.5 Å². The van der Waals surface area contributed by atoms with Crippen LogP contribution >= 0.6 is 0 Å². The second kappa shape index (κ2) is 9.13. The van der Waals surface area contributed by atoms with Crippen molar-refractivity contribution in [1.29, 1.82) is 0 Å². The third-order valence-electron chi connectivity index (χ3n) is 7.23. The fraction of sp³-hybridized carbons (Fsp3) is 0.652. The van der Waals surface area contributed by atoms with Crippen LogP contribution in [0.4, 0.5) is 17.8 Å². The van der Waals surface area contributed by atoms with Crippen molar-refractivity contribution in [3.05, 3.63) is 12.7 Å². The molecule has 0 aliphatic heterocycles. The van der Waals surface area contributed by atoms with Crippen LogP contribution in [0, 0.1) is 35.5 Å². The quantitative estimate of drug-likeness (QED) is 0.261. The predicted molar refractivity (Wildman–Crippen MR) is 123 cm³/mol. The Morgan fingerprint density at radius 1 is 1.10 bits per heavy atom. The smallest absolute Gasteiger partial charge is 0.243 e. The molecular weight excluding hydrogens is 390 g/mol. The number of carbonyl (C=O) groups excluding carboxylic acids is 1. The molecule has 0 spiro atoms. The summed E-state index contributed by atoms with van der Waals surface area (Å²) in [6.45, 7) is 6.99. The summed E-state index contributed by atoms with van der Waals surface area (Å²) in [7, 11) is 0. The number of rotatable bonds is 10. The molecule has 4 N–H and O–H groups in total. The second-order valence-corrected chi connectivity index (χ2v) is 9.43. The van der Waals surface area contributed by atoms with E-state index in [2.05, 4.69) is 55.6 Å². The molecule has 5 rings (SSSR count). The molecule has 1 atom stereocenters. The van der Waals surface area contributed by atoms with Crippen molar-refractivity contribution in [3.8, 4) is 12.3 Å². The van der Waals surface area contributed by atoms with E-state index in [-0.39, 0.29) is 5.91 Å². The first-order valence-corrected chi connectivity index (χ1v) is 11.3. The van der Waals surface area contributed by atoms with Gasteiger partial charge in [0.15, 0.2) is 0 Å². The first kappa shape index (κ1) is 21.4. The predicted octanol–water partition coefficient (Wildman–Crippen LogP) is 2.65. The molecule has 4 fully saturated rings. The maximum Gasteiger partial charge on any atom is 0.243 e. The molecule has 8 nitrogen and oxygen atoms in total. The van der Waals surface area contributed by atoms with E-state index in [1.807, 2.05) is 0 Å². The Morgan fingerprint density at radius 3 is 2.26 bits per heavy atom. The van der Waals surface area contributed by atoms with Gasteiger partial charge in [0, 0.05) is 19.1 Å². The average molecular weight is 424 g/mol. The normalized spacial score (nSPS) is 29.0. The summed E-state index contributed by atoms with van der Waals surface area (Å²) in [5.41, 5.74) is 0.344. The maximum atomic E-state index is 11.3. The van der Waals surface area contributed by atoms with Gasteiger partial charge in [0.1, 0.15) is 0 Å². The van der Waals surface area contributed by atoms with E-state index in [0.717, 1.165) is 17.8 Å². The summed E-state index contributed by atoms with van der Waals surface area (Å²) in [4.78, 5) is 24.8. The Bertz CT molecular complexity index is 827. The number of nitrogens with one attached hydrogen (secondary N) is 4. The molecule has 1 aromatic heterocycles. The van der Waals surface area contributed by atoms with Crippen LogP contribution in [0.15, 0.2) is 12.7 Å². The highest BCUT2D eigenvalue weighted by Crippen LogP contribution is 2.61. The van der Waals surface area contributed by atoms with E-state index in [4.69, 9.17) is 6.42 Å². The summed E-state index contributed by atoms with van der Waals surface area (Å²) in [5.74, 6) is 6.45. The van der Waals surface area contributed by atoms with Gasteiger partial charge in [0.2, 0.25) is 23.8 Å². The first-order valence-electron chi connectivity index (χ1n) is 11.3. The Balaban J connectivity index is 1.44. The molecule has 0 saturated heterocycles. The Morgan fingerprint density at radius 2 is 1.68 bits per heavy atom. The van der Waals surface area contributed by atoms with E-state index in [9.17, 15) is 4.79 Å². The van der Waals surface area contributed by atoms with Crippen molar-refractivity contribution < 1.29 is 4.79 Å². The van der Waals surface area contributed by atoms with E-state index in [1.165, 1.54) is 44.6 Å². The van der Waals surface area contributed by atoms with Crippen molar-refractivity contribution >= 4 is 23.8 Å². The van der Waals surface area contributed by atoms with Crippen LogP contribution in [-0.2, 0) is 4.79 Å². The lowest BCUT2D eigenvalue weighted by molar-refractivity contribution is -0.116. The van der Waals surface area contributed by atoms with Crippen LogP contribution in [0.1, 0.15) is 45.4 Å². The molecule has 4 aliphatic carbocycles. The van der Waals surface area contributed by atoms with Crippen LogP contribution in [0.3, 0.4) is 0 Å². The molecule has 8 heteroatoms. The van der Waals surface area contributed by atoms with Gasteiger partial charge in [-0.3, -0.25) is 4.79 Å². The van der Waals surface area contributed by atoms with Gasteiger partial charge in [-0.25, -0.2) is 0 Å². The highest BCUT2D eigenvalue weighted by molar-refractivity contribution is 5.86. The minimum Gasteiger partial charge on any atom is -0.352 e. The van der Waals surface area contributed by atoms with Crippen molar-refractivity contribution in [2.45, 2.75) is 51.5 Å². The molecule has 4 saturated carbocycles. The lowest BCUT2D eigenvalue weighted by Crippen LogP contribution is -2.53. The minimum absolute atomic E-state index is 0.208. The van der Waals surface area contributed by atoms with Gasteiger partial charge in [-0.1, -0.05) is 12.5 Å². The van der Waals surface area contributed by atoms with E-state index < -0.39 is 0 Å². The number of hydrogen-bond acceptors (Lipinski definition) is 7. The fourth-order valence-corrected chi connectivity index (χ4v) is 6.22. The van der Waals surface area contributed by atoms with Gasteiger partial charge in [-0.15, -0.1) is 6.42 Å². The van der Waals surface area contributed by atoms with Crippen molar-refractivity contribution in [3.63, 3.8) is 0 Å². The van der Waals surface area contributed by atoms with Gasteiger partial charge in [-0.2, -0.15) is 15.0 Å². The standard InChI is InChI=1S/C23H33N7O/c1-4-6-25-20-28-21(26-8-7-24-19(31)5-2)30-22(29-20)27-15(3)23-12-16-9-17(13-23)11-18(10-16)14-23/h1,5,15-18H,2,6-14H2,3H3,(H,24,31)(H3,25,26,27,28,29,30). The summed E-state index contributed by atoms with van der Waals surface area (Å²) >= 11 is 0. The number of anilines is 3. The topological polar surface area (TPSA) is 104 Å². The Labute approximate surface area is 184 Å². The van der Waals surface area contributed by atoms with Crippen molar-refractivity contribution in [2.24, 2.45) is 23.2 Å². The monoisotopic (exact) mass is 423 g/mol. The Kier molecular flexibility index (Phi) is 6.30. The number of amides is 1. The number of terminal acetylenes is 1. The zero-order valence-corrected chi connectivity index (χ0v) is 18.3. The molecule has 0 radical (unpaired) electrons. The highest BCUT2D eigenvalue weighted by atomic mass is 16.1. The van der Waals surface area contributed by atoms with Gasteiger partial charge < -0.3 is 21.3 Å². The van der Waals surface area contributed by atoms with Crippen LogP contribution in [0.5, 0.6) is 0 Å². The van der Waals surface area contributed by atoms with Gasteiger partial charge >= 0.3 is 0 Å². The molecule has 1 heterocycles. The third-order valence-corrected chi connectivity index (χ3v) is 7.23. The molecule has 1 aromatic rings. The molecule has 0 aromatic carbocycles. The fourth-order valence-electron chi connectivity index (χ4n) is 6.22. The third kappa shape index (κ3) is 4.92. The minimum atomic E-state index is -0.208. The van der Waals surface area contributed by atoms with Crippen LogP contribution in [0.2, 0.25) is 0 Å². The van der Waals surface area contributed by atoms with E-state index in [1.54, 1.807) is 0 Å². The lowest BCUT2D eigenvalue weighted by Gasteiger charge is -2.59. The molecule has 4 aliphatic rings. The molecule has 166 valence electrons. The SMILES string of the molecule is C#CCNc1nc(NCCNC(=O)C=C)nc(NC(C)C23CC4CC(CC(C4)C2)C3)n1. The second-order valence-electron chi connectivity index (χ2n) is 9.43. The number of aromatic nitrogens is 3. The molecule has 1 unspecified atom stereocenters.